The molecule has 0 atom stereocenters. The number of ether oxygens (including phenoxy) is 1. The average Bonchev–Trinajstić information content (AvgIpc) is 3.00. The summed E-state index contributed by atoms with van der Waals surface area (Å²) < 4.78 is 20.9. The van der Waals surface area contributed by atoms with Gasteiger partial charge in [0.1, 0.15) is 17.4 Å². The van der Waals surface area contributed by atoms with Crippen LogP contribution in [0.5, 0.6) is 5.75 Å². The van der Waals surface area contributed by atoms with Gasteiger partial charge in [0.25, 0.3) is 11.5 Å². The number of amides is 1. The number of hydrogen-bond donors (Lipinski definition) is 1. The Morgan fingerprint density at radius 2 is 1.76 bits per heavy atom. The van der Waals surface area contributed by atoms with Gasteiger partial charge in [-0.3, -0.25) is 9.59 Å². The maximum Gasteiger partial charge on any atom is 0.282 e. The molecule has 5 aromatic rings. The van der Waals surface area contributed by atoms with Crippen molar-refractivity contribution in [2.24, 2.45) is 5.10 Å². The predicted octanol–water partition coefficient (Wildman–Crippen LogP) is 6.64. The van der Waals surface area contributed by atoms with Gasteiger partial charge in [-0.15, -0.1) is 0 Å². The van der Waals surface area contributed by atoms with Crippen LogP contribution in [0.25, 0.3) is 21.7 Å². The molecule has 0 saturated heterocycles. The highest BCUT2D eigenvalue weighted by atomic mass is 19.1. The van der Waals surface area contributed by atoms with E-state index >= 15 is 0 Å². The van der Waals surface area contributed by atoms with Crippen molar-refractivity contribution in [3.8, 4) is 5.75 Å². The van der Waals surface area contributed by atoms with Gasteiger partial charge in [0.2, 0.25) is 0 Å². The molecule has 1 N–H and O–H groups in total. The van der Waals surface area contributed by atoms with Crippen LogP contribution in [-0.4, -0.2) is 28.4 Å². The zero-order valence-electron chi connectivity index (χ0n) is 22.4. The highest BCUT2D eigenvalue weighted by Gasteiger charge is 2.22. The first-order valence-electron chi connectivity index (χ1n) is 13.8. The second-order valence-corrected chi connectivity index (χ2v) is 10.2. The van der Waals surface area contributed by atoms with Gasteiger partial charge < -0.3 is 10.1 Å². The van der Waals surface area contributed by atoms with E-state index in [-0.39, 0.29) is 18.1 Å². The number of rotatable bonds is 7. The minimum absolute atomic E-state index is 0.146. The van der Waals surface area contributed by atoms with E-state index in [1.807, 2.05) is 48.5 Å². The van der Waals surface area contributed by atoms with Gasteiger partial charge in [-0.05, 0) is 60.0 Å². The largest absolute Gasteiger partial charge is 0.483 e. The molecule has 206 valence electrons. The van der Waals surface area contributed by atoms with Crippen LogP contribution in [0.1, 0.15) is 49.4 Å². The Bertz CT molecular complexity index is 1830. The third-order valence-electron chi connectivity index (χ3n) is 7.45. The Balaban J connectivity index is 1.37. The van der Waals surface area contributed by atoms with Crippen LogP contribution in [-0.2, 0) is 4.79 Å². The lowest BCUT2D eigenvalue weighted by Crippen LogP contribution is -2.25. The number of nitrogens with zero attached hydrogens (tertiary/aromatic N) is 3. The molecular weight excluding hydrogens is 519 g/mol. The van der Waals surface area contributed by atoms with Crippen molar-refractivity contribution in [2.45, 2.75) is 38.0 Å². The van der Waals surface area contributed by atoms with Gasteiger partial charge in [-0.25, -0.2) is 9.37 Å². The second-order valence-electron chi connectivity index (χ2n) is 10.2. The highest BCUT2D eigenvalue weighted by molar-refractivity contribution is 6.02. The van der Waals surface area contributed by atoms with Crippen LogP contribution >= 0.6 is 0 Å². The number of halogens is 1. The van der Waals surface area contributed by atoms with Crippen LogP contribution < -0.4 is 15.6 Å². The molecule has 0 aliphatic heterocycles. The van der Waals surface area contributed by atoms with E-state index < -0.39 is 11.7 Å². The zero-order chi connectivity index (χ0) is 28.2. The summed E-state index contributed by atoms with van der Waals surface area (Å²) in [5, 5.41) is 9.68. The Morgan fingerprint density at radius 1 is 0.976 bits per heavy atom. The molecule has 1 aliphatic carbocycles. The first kappa shape index (κ1) is 26.4. The summed E-state index contributed by atoms with van der Waals surface area (Å²) in [5.74, 6) is 0.376. The Hall–Kier alpha value is -4.85. The second kappa shape index (κ2) is 11.7. The van der Waals surface area contributed by atoms with Crippen molar-refractivity contribution in [3.05, 3.63) is 112 Å². The molecule has 0 bridgehead atoms. The zero-order valence-corrected chi connectivity index (χ0v) is 22.4. The Morgan fingerprint density at radius 3 is 2.59 bits per heavy atom. The maximum absolute atomic E-state index is 13.7. The standard InChI is InChI=1S/C33H29FN4O3/c34-24-12-8-13-25(19-24)36-31(39)21-41-30-18-17-22-9-4-5-14-26(22)28(30)20-35-38-32(23-10-2-1-3-11-23)37-29-16-7-6-15-27(29)33(38)40/h4-9,12-20,23H,1-3,10-11,21H2,(H,36,39). The first-order valence-corrected chi connectivity index (χ1v) is 13.8. The molecule has 1 fully saturated rings. The van der Waals surface area contributed by atoms with Gasteiger partial charge in [0, 0.05) is 17.2 Å². The number of para-hydroxylation sites is 1. The number of carbonyl (C=O) groups is 1. The number of hydrogen-bond acceptors (Lipinski definition) is 5. The minimum atomic E-state index is -0.442. The van der Waals surface area contributed by atoms with Crippen LogP contribution in [0, 0.1) is 5.82 Å². The molecule has 0 unspecified atom stereocenters. The quantitative estimate of drug-likeness (QED) is 0.231. The summed E-state index contributed by atoms with van der Waals surface area (Å²) in [6.07, 6.45) is 6.91. The van der Waals surface area contributed by atoms with Gasteiger partial charge in [-0.1, -0.05) is 67.8 Å². The van der Waals surface area contributed by atoms with Crippen molar-refractivity contribution >= 4 is 39.5 Å². The van der Waals surface area contributed by atoms with Crippen molar-refractivity contribution in [1.82, 2.24) is 9.66 Å². The number of nitrogens with one attached hydrogen (secondary N) is 1. The predicted molar refractivity (Wildman–Crippen MR) is 159 cm³/mol. The van der Waals surface area contributed by atoms with Crippen LogP contribution in [0.3, 0.4) is 0 Å². The van der Waals surface area contributed by atoms with Crippen molar-refractivity contribution in [3.63, 3.8) is 0 Å². The lowest BCUT2D eigenvalue weighted by Gasteiger charge is -2.22. The molecule has 8 heteroatoms. The molecule has 0 spiro atoms. The number of benzene rings is 4. The summed E-state index contributed by atoms with van der Waals surface area (Å²) in [7, 11) is 0. The fourth-order valence-electron chi connectivity index (χ4n) is 5.43. The summed E-state index contributed by atoms with van der Waals surface area (Å²) in [5.41, 5.74) is 1.43. The molecule has 7 nitrogen and oxygen atoms in total. The smallest absolute Gasteiger partial charge is 0.282 e. The summed E-state index contributed by atoms with van der Waals surface area (Å²) >= 11 is 0. The van der Waals surface area contributed by atoms with Crippen molar-refractivity contribution < 1.29 is 13.9 Å². The number of aromatic nitrogens is 2. The minimum Gasteiger partial charge on any atom is -0.483 e. The molecule has 1 heterocycles. The lowest BCUT2D eigenvalue weighted by molar-refractivity contribution is -0.118. The van der Waals surface area contributed by atoms with Gasteiger partial charge >= 0.3 is 0 Å². The van der Waals surface area contributed by atoms with E-state index in [2.05, 4.69) is 5.32 Å². The summed E-state index contributed by atoms with van der Waals surface area (Å²) in [6.45, 7) is -0.291. The normalized spacial score (nSPS) is 14.1. The third-order valence-corrected chi connectivity index (χ3v) is 7.45. The van der Waals surface area contributed by atoms with Gasteiger partial charge in [0.15, 0.2) is 6.61 Å². The lowest BCUT2D eigenvalue weighted by atomic mass is 9.88. The Labute approximate surface area is 236 Å². The molecule has 1 aliphatic rings. The maximum atomic E-state index is 13.7. The molecular formula is C33H29FN4O3. The number of anilines is 1. The van der Waals surface area contributed by atoms with Crippen LogP contribution in [0.4, 0.5) is 10.1 Å². The SMILES string of the molecule is O=C(COc1ccc2ccccc2c1C=Nn1c(C2CCCCC2)nc2ccccc2c1=O)Nc1cccc(F)c1. The van der Waals surface area contributed by atoms with Crippen molar-refractivity contribution in [1.29, 1.82) is 0 Å². The monoisotopic (exact) mass is 548 g/mol. The van der Waals surface area contributed by atoms with E-state index in [0.717, 1.165) is 36.5 Å². The Kier molecular flexibility index (Phi) is 7.54. The third kappa shape index (κ3) is 5.72. The number of fused-ring (bicyclic) bond motifs is 2. The highest BCUT2D eigenvalue weighted by Crippen LogP contribution is 2.32. The molecule has 6 rings (SSSR count). The van der Waals surface area contributed by atoms with Gasteiger partial charge in [-0.2, -0.15) is 9.78 Å². The van der Waals surface area contributed by atoms with Crippen LogP contribution in [0.15, 0.2) is 94.8 Å². The first-order chi connectivity index (χ1) is 20.1. The molecule has 1 amide bonds. The fraction of sp³-hybridized carbons (Fsp3) is 0.212. The van der Waals surface area contributed by atoms with E-state index in [1.54, 1.807) is 24.4 Å². The summed E-state index contributed by atoms with van der Waals surface area (Å²) in [4.78, 5) is 31.2. The average molecular weight is 549 g/mol. The molecule has 41 heavy (non-hydrogen) atoms. The van der Waals surface area contributed by atoms with E-state index in [4.69, 9.17) is 14.8 Å². The van der Waals surface area contributed by atoms with Crippen LogP contribution in [0.2, 0.25) is 0 Å². The topological polar surface area (TPSA) is 85.6 Å². The van der Waals surface area contributed by atoms with Gasteiger partial charge in [0.05, 0.1) is 17.1 Å². The molecule has 0 radical (unpaired) electrons. The summed E-state index contributed by atoms with van der Waals surface area (Å²) in [6, 6.07) is 24.5. The fourth-order valence-corrected chi connectivity index (χ4v) is 5.43. The molecule has 1 saturated carbocycles. The van der Waals surface area contributed by atoms with E-state index in [1.165, 1.54) is 29.3 Å². The van der Waals surface area contributed by atoms with E-state index in [9.17, 15) is 14.0 Å². The van der Waals surface area contributed by atoms with Crippen molar-refractivity contribution in [2.75, 3.05) is 11.9 Å². The van der Waals surface area contributed by atoms with E-state index in [0.29, 0.717) is 33.7 Å². The number of carbonyl (C=O) groups excluding carboxylic acids is 1. The molecule has 1 aromatic heterocycles. The molecule has 4 aromatic carbocycles.